The molecule has 1 heterocycles. The molecular weight excluding hydrogens is 246 g/mol. The van der Waals surface area contributed by atoms with Crippen LogP contribution in [-0.4, -0.2) is 45.7 Å². The first-order valence-corrected chi connectivity index (χ1v) is 6.20. The van der Waals surface area contributed by atoms with Crippen LogP contribution in [0.15, 0.2) is 18.2 Å². The van der Waals surface area contributed by atoms with Crippen LogP contribution in [0.25, 0.3) is 0 Å². The number of carbonyl (C=O) groups excluding carboxylic acids is 1. The molecular formula is C14H17NO4. The molecule has 2 rings (SSSR count). The summed E-state index contributed by atoms with van der Waals surface area (Å²) in [5.41, 5.74) is 2.16. The van der Waals surface area contributed by atoms with Gasteiger partial charge in [0, 0.05) is 18.5 Å². The number of aliphatic hydroxyl groups is 1. The summed E-state index contributed by atoms with van der Waals surface area (Å²) in [6.45, 7) is 3.72. The van der Waals surface area contributed by atoms with Gasteiger partial charge >= 0.3 is 5.97 Å². The van der Waals surface area contributed by atoms with Gasteiger partial charge in [0.1, 0.15) is 6.04 Å². The summed E-state index contributed by atoms with van der Waals surface area (Å²) in [7, 11) is 0. The number of carboxylic acids is 1. The van der Waals surface area contributed by atoms with Gasteiger partial charge in [-0.15, -0.1) is 0 Å². The van der Waals surface area contributed by atoms with Crippen LogP contribution in [0.3, 0.4) is 0 Å². The van der Waals surface area contributed by atoms with Crippen molar-refractivity contribution in [2.24, 2.45) is 0 Å². The Bertz CT molecular complexity index is 506. The number of likely N-dealkylation sites (tertiary alicyclic amines) is 1. The number of carboxylic acid groups (broad SMARTS) is 1. The summed E-state index contributed by atoms with van der Waals surface area (Å²) < 4.78 is 0. The molecule has 0 aliphatic carbocycles. The predicted molar refractivity (Wildman–Crippen MR) is 69.0 cm³/mol. The van der Waals surface area contributed by atoms with Crippen molar-refractivity contribution in [3.63, 3.8) is 0 Å². The topological polar surface area (TPSA) is 77.8 Å². The van der Waals surface area contributed by atoms with Crippen molar-refractivity contribution in [3.8, 4) is 0 Å². The van der Waals surface area contributed by atoms with Crippen LogP contribution in [0, 0.1) is 13.8 Å². The molecule has 2 atom stereocenters. The molecule has 2 N–H and O–H groups in total. The highest BCUT2D eigenvalue weighted by Gasteiger charge is 2.39. The molecule has 0 aromatic heterocycles. The fraction of sp³-hybridized carbons (Fsp3) is 0.429. The number of aryl methyl sites for hydroxylation is 2. The molecule has 0 saturated carbocycles. The van der Waals surface area contributed by atoms with E-state index >= 15 is 0 Å². The summed E-state index contributed by atoms with van der Waals surface area (Å²) in [5.74, 6) is -1.39. The van der Waals surface area contributed by atoms with E-state index in [0.29, 0.717) is 5.56 Å². The average Bonchev–Trinajstić information content (AvgIpc) is 2.71. The first kappa shape index (κ1) is 13.5. The zero-order valence-electron chi connectivity index (χ0n) is 11.0. The molecule has 1 saturated heterocycles. The fourth-order valence-corrected chi connectivity index (χ4v) is 2.57. The Morgan fingerprint density at radius 1 is 1.26 bits per heavy atom. The quantitative estimate of drug-likeness (QED) is 0.833. The van der Waals surface area contributed by atoms with Crippen molar-refractivity contribution < 1.29 is 19.8 Å². The van der Waals surface area contributed by atoms with E-state index in [4.69, 9.17) is 5.11 Å². The number of hydrogen-bond donors (Lipinski definition) is 2. The average molecular weight is 263 g/mol. The van der Waals surface area contributed by atoms with Gasteiger partial charge in [-0.25, -0.2) is 4.79 Å². The van der Waals surface area contributed by atoms with E-state index in [1.807, 2.05) is 32.0 Å². The van der Waals surface area contributed by atoms with Gasteiger partial charge in [-0.05, 0) is 25.0 Å². The number of aliphatic hydroxyl groups excluding tert-OH is 1. The van der Waals surface area contributed by atoms with Crippen LogP contribution >= 0.6 is 0 Å². The molecule has 5 heteroatoms. The Balaban J connectivity index is 2.36. The van der Waals surface area contributed by atoms with Gasteiger partial charge in [0.2, 0.25) is 0 Å². The molecule has 5 nitrogen and oxygen atoms in total. The summed E-state index contributed by atoms with van der Waals surface area (Å²) in [4.78, 5) is 24.9. The number of nitrogens with zero attached hydrogens (tertiary/aromatic N) is 1. The van der Waals surface area contributed by atoms with E-state index in [0.717, 1.165) is 11.1 Å². The lowest BCUT2D eigenvalue weighted by molar-refractivity contribution is -0.141. The van der Waals surface area contributed by atoms with E-state index in [-0.39, 0.29) is 18.9 Å². The van der Waals surface area contributed by atoms with Gasteiger partial charge in [0.15, 0.2) is 0 Å². The maximum atomic E-state index is 12.5. The minimum atomic E-state index is -1.07. The minimum Gasteiger partial charge on any atom is -0.480 e. The van der Waals surface area contributed by atoms with Gasteiger partial charge in [0.05, 0.1) is 6.10 Å². The zero-order chi connectivity index (χ0) is 14.2. The lowest BCUT2D eigenvalue weighted by Gasteiger charge is -2.23. The number of carbonyl (C=O) groups is 2. The Kier molecular flexibility index (Phi) is 3.57. The van der Waals surface area contributed by atoms with Gasteiger partial charge in [-0.3, -0.25) is 4.79 Å². The maximum absolute atomic E-state index is 12.5. The number of aliphatic carboxylic acids is 1. The first-order valence-electron chi connectivity index (χ1n) is 6.20. The minimum absolute atomic E-state index is 0.0730. The van der Waals surface area contributed by atoms with Crippen LogP contribution in [0.1, 0.15) is 27.9 Å². The number of amides is 1. The van der Waals surface area contributed by atoms with Crippen molar-refractivity contribution in [2.75, 3.05) is 6.54 Å². The molecule has 0 radical (unpaired) electrons. The van der Waals surface area contributed by atoms with E-state index in [9.17, 15) is 14.7 Å². The Labute approximate surface area is 111 Å². The van der Waals surface area contributed by atoms with Crippen LogP contribution < -0.4 is 0 Å². The fourth-order valence-electron chi connectivity index (χ4n) is 2.57. The van der Waals surface area contributed by atoms with E-state index in [1.54, 1.807) is 0 Å². The van der Waals surface area contributed by atoms with E-state index < -0.39 is 18.1 Å². The molecule has 0 bridgehead atoms. The number of hydrogen-bond acceptors (Lipinski definition) is 3. The molecule has 19 heavy (non-hydrogen) atoms. The van der Waals surface area contributed by atoms with Crippen LogP contribution in [0.2, 0.25) is 0 Å². The lowest BCUT2D eigenvalue weighted by atomic mass is 10.0. The Hall–Kier alpha value is -1.88. The third kappa shape index (κ3) is 2.46. The van der Waals surface area contributed by atoms with Crippen molar-refractivity contribution >= 4 is 11.9 Å². The van der Waals surface area contributed by atoms with Gasteiger partial charge in [-0.1, -0.05) is 18.2 Å². The molecule has 1 fully saturated rings. The zero-order valence-corrected chi connectivity index (χ0v) is 11.0. The third-order valence-electron chi connectivity index (χ3n) is 3.52. The van der Waals surface area contributed by atoms with E-state index in [2.05, 4.69) is 0 Å². The lowest BCUT2D eigenvalue weighted by Crippen LogP contribution is -2.41. The summed E-state index contributed by atoms with van der Waals surface area (Å²) in [6.07, 6.45) is -0.680. The second-order valence-corrected chi connectivity index (χ2v) is 4.97. The summed E-state index contributed by atoms with van der Waals surface area (Å²) >= 11 is 0. The van der Waals surface area contributed by atoms with Crippen LogP contribution in [0.5, 0.6) is 0 Å². The van der Waals surface area contributed by atoms with Crippen molar-refractivity contribution in [2.45, 2.75) is 32.4 Å². The Morgan fingerprint density at radius 3 is 2.37 bits per heavy atom. The summed E-state index contributed by atoms with van der Waals surface area (Å²) in [6, 6.07) is 4.56. The highest BCUT2D eigenvalue weighted by atomic mass is 16.4. The molecule has 1 amide bonds. The molecule has 102 valence electrons. The third-order valence-corrected chi connectivity index (χ3v) is 3.52. The largest absolute Gasteiger partial charge is 0.480 e. The van der Waals surface area contributed by atoms with Gasteiger partial charge in [-0.2, -0.15) is 0 Å². The van der Waals surface area contributed by atoms with Crippen LogP contribution in [0.4, 0.5) is 0 Å². The highest BCUT2D eigenvalue weighted by molar-refractivity contribution is 5.99. The number of benzene rings is 1. The van der Waals surface area contributed by atoms with E-state index in [1.165, 1.54) is 4.90 Å². The second kappa shape index (κ2) is 5.01. The van der Waals surface area contributed by atoms with Crippen LogP contribution in [-0.2, 0) is 4.79 Å². The molecule has 1 aromatic carbocycles. The summed E-state index contributed by atoms with van der Waals surface area (Å²) in [5, 5.41) is 18.7. The SMILES string of the molecule is Cc1cccc(C)c1C(=O)N1CC(O)C[C@H]1C(=O)O. The standard InChI is InChI=1S/C14H17NO4/c1-8-4-3-5-9(2)12(8)13(17)15-7-10(16)6-11(15)14(18)19/h3-5,10-11,16H,6-7H2,1-2H3,(H,18,19)/t10?,11-/m0/s1. The number of rotatable bonds is 2. The van der Waals surface area contributed by atoms with Gasteiger partial charge in [0.25, 0.3) is 5.91 Å². The first-order chi connectivity index (χ1) is 8.91. The second-order valence-electron chi connectivity index (χ2n) is 4.97. The molecule has 1 aliphatic heterocycles. The normalized spacial score (nSPS) is 22.6. The molecule has 1 unspecified atom stereocenters. The smallest absolute Gasteiger partial charge is 0.326 e. The van der Waals surface area contributed by atoms with Crippen molar-refractivity contribution in [1.29, 1.82) is 0 Å². The monoisotopic (exact) mass is 263 g/mol. The van der Waals surface area contributed by atoms with Crippen molar-refractivity contribution in [3.05, 3.63) is 34.9 Å². The maximum Gasteiger partial charge on any atom is 0.326 e. The predicted octanol–water partition coefficient (Wildman–Crippen LogP) is 0.963. The highest BCUT2D eigenvalue weighted by Crippen LogP contribution is 2.23. The number of β-amino-alcohol motifs (C(OH)–C–C–N with tert-alkyl or cyclic N) is 1. The molecule has 0 spiro atoms. The molecule has 1 aliphatic rings. The van der Waals surface area contributed by atoms with Crippen molar-refractivity contribution in [1.82, 2.24) is 4.90 Å². The molecule has 1 aromatic rings. The van der Waals surface area contributed by atoms with Gasteiger partial charge < -0.3 is 15.1 Å². The Morgan fingerprint density at radius 2 is 1.84 bits per heavy atom.